The third kappa shape index (κ3) is 4.72. The van der Waals surface area contributed by atoms with Crippen LogP contribution in [0, 0.1) is 33.5 Å². The second-order valence-corrected chi connectivity index (χ2v) is 8.71. The fraction of sp³-hybridized carbons (Fsp3) is 0.214. The van der Waals surface area contributed by atoms with Crippen LogP contribution in [-0.4, -0.2) is 0 Å². The molecule has 0 aliphatic carbocycles. The summed E-state index contributed by atoms with van der Waals surface area (Å²) >= 11 is 0. The van der Waals surface area contributed by atoms with Gasteiger partial charge in [-0.1, -0.05) is 42.0 Å². The molecule has 4 aromatic carbocycles. The first-order chi connectivity index (χ1) is 16.3. The molecule has 0 aliphatic rings. The van der Waals surface area contributed by atoms with E-state index in [9.17, 15) is 26.3 Å². The summed E-state index contributed by atoms with van der Waals surface area (Å²) in [6.07, 6.45) is -8.26. The van der Waals surface area contributed by atoms with Gasteiger partial charge in [0.05, 0.1) is 11.1 Å². The number of halogens is 6. The molecule has 4 rings (SSSR count). The number of ether oxygens (including phenoxy) is 1. The number of hydrogen-bond donors (Lipinski definition) is 0. The first kappa shape index (κ1) is 24.6. The summed E-state index contributed by atoms with van der Waals surface area (Å²) in [5.74, 6) is -1.02. The van der Waals surface area contributed by atoms with Gasteiger partial charge in [-0.2, -0.15) is 22.0 Å². The van der Waals surface area contributed by atoms with Crippen molar-refractivity contribution in [2.75, 3.05) is 0 Å². The highest BCUT2D eigenvalue weighted by Crippen LogP contribution is 2.40. The van der Waals surface area contributed by atoms with Crippen LogP contribution in [0.3, 0.4) is 0 Å². The zero-order chi connectivity index (χ0) is 25.7. The van der Waals surface area contributed by atoms with Crippen LogP contribution in [0.15, 0.2) is 60.7 Å². The molecule has 0 aromatic heterocycles. The Morgan fingerprint density at radius 1 is 0.657 bits per heavy atom. The van der Waals surface area contributed by atoms with Gasteiger partial charge >= 0.3 is 12.3 Å². The minimum Gasteiger partial charge on any atom is -0.429 e. The lowest BCUT2D eigenvalue weighted by molar-refractivity contribution is -0.186. The molecule has 0 atom stereocenters. The number of hydrogen-bond acceptors (Lipinski definition) is 1. The number of rotatable bonds is 4. The minimum absolute atomic E-state index is 0.0695. The first-order valence-electron chi connectivity index (χ1n) is 10.8. The molecule has 0 fully saturated rings. The average molecular weight is 488 g/mol. The molecule has 0 radical (unpaired) electrons. The summed E-state index contributed by atoms with van der Waals surface area (Å²) in [6, 6.07) is 14.4. The van der Waals surface area contributed by atoms with E-state index in [0.29, 0.717) is 22.3 Å². The van der Waals surface area contributed by atoms with E-state index < -0.39 is 29.2 Å². The van der Waals surface area contributed by atoms with Crippen molar-refractivity contribution >= 4 is 10.8 Å². The van der Waals surface area contributed by atoms with Crippen molar-refractivity contribution in [3.63, 3.8) is 0 Å². The van der Waals surface area contributed by atoms with Gasteiger partial charge < -0.3 is 4.74 Å². The fourth-order valence-corrected chi connectivity index (χ4v) is 4.57. The molecular formula is C28H22F6O. The highest BCUT2D eigenvalue weighted by atomic mass is 19.4. The molecule has 0 spiro atoms. The van der Waals surface area contributed by atoms with Gasteiger partial charge in [-0.3, -0.25) is 0 Å². The third-order valence-electron chi connectivity index (χ3n) is 6.02. The molecule has 35 heavy (non-hydrogen) atoms. The van der Waals surface area contributed by atoms with Crippen LogP contribution >= 0.6 is 0 Å². The Labute approximate surface area is 199 Å². The SMILES string of the molecule is Cc1cc(C)c(C(F)(F)Oc2ccc(-c3ccc4c(C(F)(F)F)c(C)c(F)cc4c3)cc2)c(C)c1. The summed E-state index contributed by atoms with van der Waals surface area (Å²) in [6.45, 7) is 6.13. The van der Waals surface area contributed by atoms with Crippen molar-refractivity contribution in [3.8, 4) is 16.9 Å². The quantitative estimate of drug-likeness (QED) is 0.261. The molecular weight excluding hydrogens is 466 g/mol. The number of alkyl halides is 5. The molecule has 0 saturated carbocycles. The van der Waals surface area contributed by atoms with Crippen molar-refractivity contribution in [2.24, 2.45) is 0 Å². The minimum atomic E-state index is -4.70. The molecule has 182 valence electrons. The second-order valence-electron chi connectivity index (χ2n) is 8.71. The summed E-state index contributed by atoms with van der Waals surface area (Å²) in [5.41, 5.74) is 1.11. The highest BCUT2D eigenvalue weighted by molar-refractivity contribution is 5.91. The van der Waals surface area contributed by atoms with Crippen LogP contribution in [0.4, 0.5) is 26.3 Å². The van der Waals surface area contributed by atoms with E-state index in [4.69, 9.17) is 4.74 Å². The van der Waals surface area contributed by atoms with Crippen LogP contribution in [0.1, 0.15) is 33.4 Å². The topological polar surface area (TPSA) is 9.23 Å². The van der Waals surface area contributed by atoms with Crippen LogP contribution in [-0.2, 0) is 12.3 Å². The first-order valence-corrected chi connectivity index (χ1v) is 10.8. The second kappa shape index (κ2) is 8.63. The molecule has 0 bridgehead atoms. The van der Waals surface area contributed by atoms with Crippen molar-refractivity contribution in [1.82, 2.24) is 0 Å². The molecule has 0 amide bonds. The smallest absolute Gasteiger partial charge is 0.427 e. The Hall–Kier alpha value is -3.48. The highest BCUT2D eigenvalue weighted by Gasteiger charge is 2.38. The van der Waals surface area contributed by atoms with Crippen LogP contribution in [0.2, 0.25) is 0 Å². The standard InChI is InChI=1S/C28H22F6O/c1-15-11-16(2)25(17(3)12-15)28(33,34)35-22-8-5-19(6-9-22)20-7-10-23-21(13-20)14-24(29)18(4)26(23)27(30,31)32/h5-14H,1-4H3. The van der Waals surface area contributed by atoms with Crippen molar-refractivity contribution in [1.29, 1.82) is 0 Å². The molecule has 0 heterocycles. The van der Waals surface area contributed by atoms with E-state index in [-0.39, 0.29) is 22.1 Å². The summed E-state index contributed by atoms with van der Waals surface area (Å²) < 4.78 is 89.7. The van der Waals surface area contributed by atoms with Crippen LogP contribution in [0.5, 0.6) is 5.75 Å². The Morgan fingerprint density at radius 3 is 1.80 bits per heavy atom. The average Bonchev–Trinajstić information content (AvgIpc) is 2.72. The van der Waals surface area contributed by atoms with Gasteiger partial charge in [0.15, 0.2) is 0 Å². The van der Waals surface area contributed by atoms with E-state index in [0.717, 1.165) is 18.6 Å². The maximum Gasteiger partial charge on any atom is 0.427 e. The zero-order valence-electron chi connectivity index (χ0n) is 19.4. The lowest BCUT2D eigenvalue weighted by atomic mass is 9.95. The molecule has 7 heteroatoms. The normalized spacial score (nSPS) is 12.3. The van der Waals surface area contributed by atoms with Gasteiger partial charge in [0.25, 0.3) is 0 Å². The lowest BCUT2D eigenvalue weighted by Crippen LogP contribution is -2.24. The van der Waals surface area contributed by atoms with Gasteiger partial charge in [0.2, 0.25) is 0 Å². The van der Waals surface area contributed by atoms with E-state index in [1.54, 1.807) is 26.0 Å². The van der Waals surface area contributed by atoms with Crippen LogP contribution < -0.4 is 4.74 Å². The molecule has 1 nitrogen and oxygen atoms in total. The Morgan fingerprint density at radius 2 is 1.23 bits per heavy atom. The van der Waals surface area contributed by atoms with E-state index in [1.807, 2.05) is 6.92 Å². The van der Waals surface area contributed by atoms with E-state index in [2.05, 4.69) is 0 Å². The van der Waals surface area contributed by atoms with Gasteiger partial charge in [-0.15, -0.1) is 0 Å². The predicted molar refractivity (Wildman–Crippen MR) is 124 cm³/mol. The lowest BCUT2D eigenvalue weighted by Gasteiger charge is -2.22. The Kier molecular flexibility index (Phi) is 6.07. The Bertz CT molecular complexity index is 1400. The Balaban J connectivity index is 1.66. The largest absolute Gasteiger partial charge is 0.429 e. The predicted octanol–water partition coefficient (Wildman–Crippen LogP) is 9.03. The molecule has 0 unspecified atom stereocenters. The molecule has 0 saturated heterocycles. The summed E-state index contributed by atoms with van der Waals surface area (Å²) in [5, 5.41) is -0.0151. The van der Waals surface area contributed by atoms with Crippen molar-refractivity contribution in [2.45, 2.75) is 40.0 Å². The molecule has 0 N–H and O–H groups in total. The number of fused-ring (bicyclic) bond motifs is 1. The van der Waals surface area contributed by atoms with Crippen LogP contribution in [0.25, 0.3) is 21.9 Å². The summed E-state index contributed by atoms with van der Waals surface area (Å²) in [4.78, 5) is 0. The van der Waals surface area contributed by atoms with E-state index >= 15 is 0 Å². The zero-order valence-corrected chi connectivity index (χ0v) is 19.4. The third-order valence-corrected chi connectivity index (χ3v) is 6.02. The van der Waals surface area contributed by atoms with Gasteiger partial charge in [0, 0.05) is 0 Å². The van der Waals surface area contributed by atoms with Gasteiger partial charge in [-0.05, 0) is 90.6 Å². The molecule has 4 aromatic rings. The maximum absolute atomic E-state index is 14.9. The van der Waals surface area contributed by atoms with Gasteiger partial charge in [-0.25, -0.2) is 4.39 Å². The molecule has 0 aliphatic heterocycles. The number of aryl methyl sites for hydroxylation is 3. The summed E-state index contributed by atoms with van der Waals surface area (Å²) in [7, 11) is 0. The fourth-order valence-electron chi connectivity index (χ4n) is 4.57. The number of benzene rings is 4. The van der Waals surface area contributed by atoms with Crippen molar-refractivity contribution < 1.29 is 31.1 Å². The van der Waals surface area contributed by atoms with Gasteiger partial charge in [0.1, 0.15) is 11.6 Å². The van der Waals surface area contributed by atoms with Crippen molar-refractivity contribution in [3.05, 3.63) is 99.9 Å². The monoisotopic (exact) mass is 488 g/mol. The maximum atomic E-state index is 14.9. The van der Waals surface area contributed by atoms with E-state index in [1.165, 1.54) is 42.5 Å².